The lowest BCUT2D eigenvalue weighted by Gasteiger charge is -2.16. The van der Waals surface area contributed by atoms with E-state index in [1.165, 1.54) is 9.78 Å². The SMILES string of the molecule is CC[NH+](CC(=O)Nc1cc(Cl)cc(Cl)c1)Cc1cccs1. The van der Waals surface area contributed by atoms with Crippen LogP contribution in [0.2, 0.25) is 10.0 Å². The number of hydrogen-bond acceptors (Lipinski definition) is 2. The van der Waals surface area contributed by atoms with Crippen molar-refractivity contribution >= 4 is 46.1 Å². The number of likely N-dealkylation sites (N-methyl/N-ethyl adjacent to an activating group) is 1. The molecule has 2 rings (SSSR count). The minimum absolute atomic E-state index is 0.0401. The maximum Gasteiger partial charge on any atom is 0.279 e. The fourth-order valence-corrected chi connectivity index (χ4v) is 3.33. The van der Waals surface area contributed by atoms with Gasteiger partial charge in [-0.1, -0.05) is 29.3 Å². The number of carbonyl (C=O) groups excluding carboxylic acids is 1. The molecule has 2 aromatic rings. The summed E-state index contributed by atoms with van der Waals surface area (Å²) in [6.45, 7) is 4.24. The van der Waals surface area contributed by atoms with E-state index >= 15 is 0 Å². The monoisotopic (exact) mass is 343 g/mol. The molecule has 3 nitrogen and oxygen atoms in total. The summed E-state index contributed by atoms with van der Waals surface area (Å²) in [6, 6.07) is 9.14. The minimum Gasteiger partial charge on any atom is -0.323 e. The molecule has 0 saturated carbocycles. The van der Waals surface area contributed by atoms with E-state index in [0.29, 0.717) is 22.3 Å². The van der Waals surface area contributed by atoms with Gasteiger partial charge in [0.2, 0.25) is 0 Å². The topological polar surface area (TPSA) is 33.5 Å². The molecule has 21 heavy (non-hydrogen) atoms. The van der Waals surface area contributed by atoms with Crippen LogP contribution < -0.4 is 10.2 Å². The van der Waals surface area contributed by atoms with Crippen LogP contribution in [0.25, 0.3) is 0 Å². The molecule has 1 aromatic heterocycles. The molecule has 0 fully saturated rings. The van der Waals surface area contributed by atoms with Crippen LogP contribution in [0.1, 0.15) is 11.8 Å². The molecule has 0 aliphatic carbocycles. The van der Waals surface area contributed by atoms with E-state index in [2.05, 4.69) is 23.7 Å². The third kappa shape index (κ3) is 5.32. The van der Waals surface area contributed by atoms with Crippen LogP contribution in [0, 0.1) is 0 Å². The van der Waals surface area contributed by atoms with Gasteiger partial charge in [0.05, 0.1) is 11.4 Å². The molecule has 0 bridgehead atoms. The molecular formula is C15H17Cl2N2OS+. The summed E-state index contributed by atoms with van der Waals surface area (Å²) >= 11 is 13.6. The van der Waals surface area contributed by atoms with Crippen molar-refractivity contribution < 1.29 is 9.69 Å². The average Bonchev–Trinajstić information content (AvgIpc) is 2.89. The van der Waals surface area contributed by atoms with Crippen LogP contribution in [0.15, 0.2) is 35.7 Å². The highest BCUT2D eigenvalue weighted by Gasteiger charge is 2.14. The normalized spacial score (nSPS) is 12.1. The molecule has 1 atom stereocenters. The second-order valence-electron chi connectivity index (χ2n) is 4.74. The zero-order valence-electron chi connectivity index (χ0n) is 11.7. The zero-order valence-corrected chi connectivity index (χ0v) is 14.0. The number of thiophene rings is 1. The van der Waals surface area contributed by atoms with E-state index < -0.39 is 0 Å². The van der Waals surface area contributed by atoms with E-state index in [4.69, 9.17) is 23.2 Å². The summed E-state index contributed by atoms with van der Waals surface area (Å²) in [6.07, 6.45) is 0. The minimum atomic E-state index is -0.0401. The first-order chi connectivity index (χ1) is 10.1. The predicted molar refractivity (Wildman–Crippen MR) is 89.5 cm³/mol. The van der Waals surface area contributed by atoms with E-state index in [9.17, 15) is 4.79 Å². The van der Waals surface area contributed by atoms with Gasteiger partial charge in [-0.2, -0.15) is 0 Å². The average molecular weight is 344 g/mol. The molecule has 0 radical (unpaired) electrons. The Morgan fingerprint density at radius 3 is 2.57 bits per heavy atom. The third-order valence-corrected chi connectivity index (χ3v) is 4.37. The second-order valence-corrected chi connectivity index (χ2v) is 6.65. The van der Waals surface area contributed by atoms with Gasteiger partial charge >= 0.3 is 0 Å². The van der Waals surface area contributed by atoms with Gasteiger partial charge in [-0.3, -0.25) is 4.79 Å². The highest BCUT2D eigenvalue weighted by atomic mass is 35.5. The van der Waals surface area contributed by atoms with E-state index in [0.717, 1.165) is 13.1 Å². The van der Waals surface area contributed by atoms with Crippen molar-refractivity contribution in [2.45, 2.75) is 13.5 Å². The maximum absolute atomic E-state index is 12.1. The van der Waals surface area contributed by atoms with Gasteiger partial charge < -0.3 is 10.2 Å². The number of carbonyl (C=O) groups is 1. The standard InChI is InChI=1S/C15H16Cl2N2OS/c1-2-19(9-14-4-3-5-21-14)10-15(20)18-13-7-11(16)6-12(17)8-13/h3-8H,2,9-10H2,1H3,(H,18,20)/p+1. The summed E-state index contributed by atoms with van der Waals surface area (Å²) in [5.74, 6) is -0.0401. The quantitative estimate of drug-likeness (QED) is 0.830. The van der Waals surface area contributed by atoms with Gasteiger partial charge in [0.25, 0.3) is 5.91 Å². The lowest BCUT2D eigenvalue weighted by Crippen LogP contribution is -3.11. The summed E-state index contributed by atoms with van der Waals surface area (Å²) in [5.41, 5.74) is 0.629. The predicted octanol–water partition coefficient (Wildman–Crippen LogP) is 3.10. The number of anilines is 1. The molecule has 0 spiro atoms. The third-order valence-electron chi connectivity index (χ3n) is 3.06. The Hall–Kier alpha value is -1.07. The summed E-state index contributed by atoms with van der Waals surface area (Å²) in [7, 11) is 0. The van der Waals surface area contributed by atoms with Crippen molar-refractivity contribution in [2.75, 3.05) is 18.4 Å². The van der Waals surface area contributed by atoms with Crippen molar-refractivity contribution in [1.82, 2.24) is 0 Å². The Kier molecular flexibility index (Phi) is 6.06. The summed E-state index contributed by atoms with van der Waals surface area (Å²) in [4.78, 5) is 14.6. The Balaban J connectivity index is 1.93. The smallest absolute Gasteiger partial charge is 0.279 e. The molecule has 0 aliphatic heterocycles. The highest BCUT2D eigenvalue weighted by molar-refractivity contribution is 7.09. The zero-order chi connectivity index (χ0) is 15.2. The number of rotatable bonds is 6. The molecule has 1 unspecified atom stereocenters. The van der Waals surface area contributed by atoms with Crippen molar-refractivity contribution in [3.63, 3.8) is 0 Å². The number of nitrogens with one attached hydrogen (secondary N) is 2. The van der Waals surface area contributed by atoms with Gasteiger partial charge in [0.1, 0.15) is 6.54 Å². The van der Waals surface area contributed by atoms with Crippen molar-refractivity contribution in [1.29, 1.82) is 0 Å². The molecule has 112 valence electrons. The Morgan fingerprint density at radius 1 is 1.29 bits per heavy atom. The van der Waals surface area contributed by atoms with E-state index in [-0.39, 0.29) is 5.91 Å². The molecule has 1 amide bonds. The molecule has 0 saturated heterocycles. The van der Waals surface area contributed by atoms with Crippen LogP contribution in [-0.2, 0) is 11.3 Å². The molecular weight excluding hydrogens is 327 g/mol. The van der Waals surface area contributed by atoms with Gasteiger partial charge in [-0.05, 0) is 36.6 Å². The maximum atomic E-state index is 12.1. The largest absolute Gasteiger partial charge is 0.323 e. The first-order valence-corrected chi connectivity index (χ1v) is 8.32. The summed E-state index contributed by atoms with van der Waals surface area (Å²) < 4.78 is 0. The number of amides is 1. The van der Waals surface area contributed by atoms with Crippen LogP contribution in [-0.4, -0.2) is 19.0 Å². The van der Waals surface area contributed by atoms with Crippen molar-refractivity contribution in [3.8, 4) is 0 Å². The first kappa shape index (κ1) is 16.3. The van der Waals surface area contributed by atoms with Gasteiger partial charge in [0, 0.05) is 15.7 Å². The fraction of sp³-hybridized carbons (Fsp3) is 0.267. The fourth-order valence-electron chi connectivity index (χ4n) is 2.03. The van der Waals surface area contributed by atoms with E-state index in [1.54, 1.807) is 29.5 Å². The Bertz CT molecular complexity index is 581. The number of hydrogen-bond donors (Lipinski definition) is 2. The van der Waals surface area contributed by atoms with Gasteiger partial charge in [-0.15, -0.1) is 11.3 Å². The summed E-state index contributed by atoms with van der Waals surface area (Å²) in [5, 5.41) is 5.92. The molecule has 6 heteroatoms. The highest BCUT2D eigenvalue weighted by Crippen LogP contribution is 2.22. The van der Waals surface area contributed by atoms with Crippen molar-refractivity contribution in [3.05, 3.63) is 50.6 Å². The number of quaternary nitrogens is 1. The molecule has 2 N–H and O–H groups in total. The van der Waals surface area contributed by atoms with Crippen LogP contribution in [0.5, 0.6) is 0 Å². The van der Waals surface area contributed by atoms with Gasteiger partial charge in [-0.25, -0.2) is 0 Å². The molecule has 0 aliphatic rings. The lowest BCUT2D eigenvalue weighted by atomic mass is 10.3. The first-order valence-electron chi connectivity index (χ1n) is 6.68. The molecule has 1 heterocycles. The number of benzene rings is 1. The molecule has 1 aromatic carbocycles. The Labute approximate surface area is 138 Å². The van der Waals surface area contributed by atoms with Crippen LogP contribution in [0.3, 0.4) is 0 Å². The van der Waals surface area contributed by atoms with Crippen molar-refractivity contribution in [2.24, 2.45) is 0 Å². The van der Waals surface area contributed by atoms with Crippen LogP contribution in [0.4, 0.5) is 5.69 Å². The second kappa shape index (κ2) is 7.80. The number of halogens is 2. The van der Waals surface area contributed by atoms with E-state index in [1.807, 2.05) is 6.07 Å². The van der Waals surface area contributed by atoms with Crippen LogP contribution >= 0.6 is 34.5 Å². The Morgan fingerprint density at radius 2 is 2.00 bits per heavy atom. The van der Waals surface area contributed by atoms with Gasteiger partial charge in [0.15, 0.2) is 6.54 Å². The lowest BCUT2D eigenvalue weighted by molar-refractivity contribution is -0.903.